The maximum Gasteiger partial charge on any atom is 0.224 e. The Kier molecular flexibility index (Phi) is 3.35. The minimum Gasteiger partial charge on any atom is -0.342 e. The highest BCUT2D eigenvalue weighted by Gasteiger charge is 2.40. The molecule has 2 aliphatic carbocycles. The van der Waals surface area contributed by atoms with Gasteiger partial charge in [-0.1, -0.05) is 25.7 Å². The zero-order valence-corrected chi connectivity index (χ0v) is 11.4. The number of likely N-dealkylation sites (tertiary alicyclic amines) is 1. The zero-order chi connectivity index (χ0) is 12.6. The molecule has 1 amide bonds. The molecule has 18 heavy (non-hydrogen) atoms. The fourth-order valence-electron chi connectivity index (χ4n) is 4.28. The average molecular weight is 250 g/mol. The van der Waals surface area contributed by atoms with Crippen molar-refractivity contribution >= 4 is 5.91 Å². The van der Waals surface area contributed by atoms with Gasteiger partial charge >= 0.3 is 0 Å². The van der Waals surface area contributed by atoms with Gasteiger partial charge in [-0.25, -0.2) is 0 Å². The normalized spacial score (nSPS) is 34.6. The van der Waals surface area contributed by atoms with E-state index in [0.29, 0.717) is 12.3 Å². The summed E-state index contributed by atoms with van der Waals surface area (Å²) in [6.07, 6.45) is 10.4. The van der Waals surface area contributed by atoms with Crippen molar-refractivity contribution in [1.82, 2.24) is 4.90 Å². The van der Waals surface area contributed by atoms with Crippen molar-refractivity contribution in [3.63, 3.8) is 0 Å². The zero-order valence-electron chi connectivity index (χ0n) is 11.4. The quantitative estimate of drug-likeness (QED) is 0.817. The van der Waals surface area contributed by atoms with Crippen molar-refractivity contribution in [1.29, 1.82) is 0 Å². The van der Waals surface area contributed by atoms with Gasteiger partial charge in [-0.3, -0.25) is 4.79 Å². The van der Waals surface area contributed by atoms with Gasteiger partial charge in [-0.2, -0.15) is 0 Å². The lowest BCUT2D eigenvalue weighted by atomic mass is 9.80. The first kappa shape index (κ1) is 12.5. The standard InChI is InChI=1S/C15H26N2O/c16-15(7-2-1-3-8-15)9-14(18)17-10-12-5-4-6-13(12)11-17/h12-13H,1-11,16H2. The lowest BCUT2D eigenvalue weighted by molar-refractivity contribution is -0.132. The molecule has 0 aromatic carbocycles. The third kappa shape index (κ3) is 2.42. The van der Waals surface area contributed by atoms with E-state index in [9.17, 15) is 4.79 Å². The van der Waals surface area contributed by atoms with Gasteiger partial charge in [0.2, 0.25) is 5.91 Å². The second-order valence-corrected chi connectivity index (χ2v) is 6.85. The molecular weight excluding hydrogens is 224 g/mol. The Morgan fingerprint density at radius 1 is 1.06 bits per heavy atom. The van der Waals surface area contributed by atoms with Crippen molar-refractivity contribution in [2.45, 2.75) is 63.3 Å². The predicted octanol–water partition coefficient (Wildman–Crippen LogP) is 2.30. The highest BCUT2D eigenvalue weighted by molar-refractivity contribution is 5.77. The minimum atomic E-state index is -0.187. The van der Waals surface area contributed by atoms with Gasteiger partial charge in [0.25, 0.3) is 0 Å². The van der Waals surface area contributed by atoms with E-state index in [2.05, 4.69) is 4.90 Å². The lowest BCUT2D eigenvalue weighted by Gasteiger charge is -2.34. The number of hydrogen-bond acceptors (Lipinski definition) is 2. The summed E-state index contributed by atoms with van der Waals surface area (Å²) in [5, 5.41) is 0. The van der Waals surface area contributed by atoms with Crippen molar-refractivity contribution < 1.29 is 4.79 Å². The van der Waals surface area contributed by atoms with Gasteiger partial charge < -0.3 is 10.6 Å². The summed E-state index contributed by atoms with van der Waals surface area (Å²) in [6.45, 7) is 2.03. The third-order valence-electron chi connectivity index (χ3n) is 5.43. The second kappa shape index (κ2) is 4.84. The molecule has 3 nitrogen and oxygen atoms in total. The Hall–Kier alpha value is -0.570. The lowest BCUT2D eigenvalue weighted by Crippen LogP contribution is -2.46. The van der Waals surface area contributed by atoms with Gasteiger partial charge in [0.05, 0.1) is 0 Å². The van der Waals surface area contributed by atoms with E-state index >= 15 is 0 Å². The SMILES string of the molecule is NC1(CC(=O)N2CC3CCCC3C2)CCCCC1. The average Bonchev–Trinajstić information content (AvgIpc) is 2.89. The number of carbonyl (C=O) groups is 1. The van der Waals surface area contributed by atoms with Crippen molar-refractivity contribution in [2.75, 3.05) is 13.1 Å². The summed E-state index contributed by atoms with van der Waals surface area (Å²) in [4.78, 5) is 14.5. The molecule has 102 valence electrons. The second-order valence-electron chi connectivity index (χ2n) is 6.85. The number of hydrogen-bond donors (Lipinski definition) is 1. The molecule has 1 saturated heterocycles. The van der Waals surface area contributed by atoms with Gasteiger partial charge in [0.15, 0.2) is 0 Å². The fourth-order valence-corrected chi connectivity index (χ4v) is 4.28. The number of nitrogens with two attached hydrogens (primary N) is 1. The molecule has 2 atom stereocenters. The first-order chi connectivity index (χ1) is 8.66. The Balaban J connectivity index is 1.55. The topological polar surface area (TPSA) is 46.3 Å². The van der Waals surface area contributed by atoms with Crippen LogP contribution in [0.3, 0.4) is 0 Å². The van der Waals surface area contributed by atoms with Crippen LogP contribution in [-0.4, -0.2) is 29.4 Å². The summed E-state index contributed by atoms with van der Waals surface area (Å²) >= 11 is 0. The Morgan fingerprint density at radius 3 is 2.28 bits per heavy atom. The van der Waals surface area contributed by atoms with Crippen LogP contribution < -0.4 is 5.73 Å². The largest absolute Gasteiger partial charge is 0.342 e. The van der Waals surface area contributed by atoms with Crippen LogP contribution in [-0.2, 0) is 4.79 Å². The number of fused-ring (bicyclic) bond motifs is 1. The summed E-state index contributed by atoms with van der Waals surface area (Å²) < 4.78 is 0. The van der Waals surface area contributed by atoms with E-state index < -0.39 is 0 Å². The molecule has 2 N–H and O–H groups in total. The summed E-state index contributed by atoms with van der Waals surface area (Å²) in [7, 11) is 0. The van der Waals surface area contributed by atoms with Gasteiger partial charge in [0, 0.05) is 25.0 Å². The molecule has 0 spiro atoms. The van der Waals surface area contributed by atoms with Crippen LogP contribution in [0.5, 0.6) is 0 Å². The molecule has 0 radical (unpaired) electrons. The number of rotatable bonds is 2. The third-order valence-corrected chi connectivity index (χ3v) is 5.43. The van der Waals surface area contributed by atoms with Gasteiger partial charge in [-0.15, -0.1) is 0 Å². The monoisotopic (exact) mass is 250 g/mol. The van der Waals surface area contributed by atoms with E-state index in [1.165, 1.54) is 38.5 Å². The maximum atomic E-state index is 12.4. The summed E-state index contributed by atoms with van der Waals surface area (Å²) in [5.41, 5.74) is 6.21. The van der Waals surface area contributed by atoms with E-state index in [1.807, 2.05) is 0 Å². The van der Waals surface area contributed by atoms with Gasteiger partial charge in [-0.05, 0) is 37.5 Å². The highest BCUT2D eigenvalue weighted by atomic mass is 16.2. The minimum absolute atomic E-state index is 0.187. The molecule has 0 bridgehead atoms. The van der Waals surface area contributed by atoms with Crippen LogP contribution in [0.25, 0.3) is 0 Å². The molecular formula is C15H26N2O. The van der Waals surface area contributed by atoms with Crippen molar-refractivity contribution in [2.24, 2.45) is 17.6 Å². The molecule has 3 rings (SSSR count). The molecule has 0 aromatic rings. The van der Waals surface area contributed by atoms with Crippen molar-refractivity contribution in [3.05, 3.63) is 0 Å². The van der Waals surface area contributed by atoms with Crippen LogP contribution in [0, 0.1) is 11.8 Å². The Bertz CT molecular complexity index is 310. The van der Waals surface area contributed by atoms with E-state index in [0.717, 1.165) is 37.8 Å². The first-order valence-electron chi connectivity index (χ1n) is 7.73. The molecule has 0 aromatic heterocycles. The summed E-state index contributed by atoms with van der Waals surface area (Å²) in [5.74, 6) is 1.93. The molecule has 2 saturated carbocycles. The van der Waals surface area contributed by atoms with E-state index in [-0.39, 0.29) is 5.54 Å². The van der Waals surface area contributed by atoms with Crippen LogP contribution in [0.4, 0.5) is 0 Å². The predicted molar refractivity (Wildman–Crippen MR) is 72.0 cm³/mol. The van der Waals surface area contributed by atoms with E-state index in [1.54, 1.807) is 0 Å². The summed E-state index contributed by atoms with van der Waals surface area (Å²) in [6, 6.07) is 0. The van der Waals surface area contributed by atoms with E-state index in [4.69, 9.17) is 5.73 Å². The van der Waals surface area contributed by atoms with Crippen LogP contribution >= 0.6 is 0 Å². The highest BCUT2D eigenvalue weighted by Crippen LogP contribution is 2.38. The number of carbonyl (C=O) groups excluding carboxylic acids is 1. The molecule has 3 heteroatoms. The molecule has 1 aliphatic heterocycles. The molecule has 3 fully saturated rings. The Morgan fingerprint density at radius 2 is 1.67 bits per heavy atom. The number of amides is 1. The molecule has 1 heterocycles. The fraction of sp³-hybridized carbons (Fsp3) is 0.933. The van der Waals surface area contributed by atoms with Crippen LogP contribution in [0.2, 0.25) is 0 Å². The van der Waals surface area contributed by atoms with Crippen LogP contribution in [0.1, 0.15) is 57.8 Å². The van der Waals surface area contributed by atoms with Gasteiger partial charge in [0.1, 0.15) is 0 Å². The smallest absolute Gasteiger partial charge is 0.224 e. The van der Waals surface area contributed by atoms with Crippen molar-refractivity contribution in [3.8, 4) is 0 Å². The molecule has 2 unspecified atom stereocenters. The first-order valence-corrected chi connectivity index (χ1v) is 7.73. The maximum absolute atomic E-state index is 12.4. The molecule has 3 aliphatic rings. The Labute approximate surface area is 110 Å². The number of nitrogens with zero attached hydrogens (tertiary/aromatic N) is 1. The van der Waals surface area contributed by atoms with Crippen LogP contribution in [0.15, 0.2) is 0 Å².